The summed E-state index contributed by atoms with van der Waals surface area (Å²) >= 11 is 0. The first-order valence-corrected chi connectivity index (χ1v) is 9.26. The highest BCUT2D eigenvalue weighted by atomic mass is 16.4. The lowest BCUT2D eigenvalue weighted by Crippen LogP contribution is -2.35. The van der Waals surface area contributed by atoms with Crippen LogP contribution in [-0.2, 0) is 5.41 Å². The zero-order chi connectivity index (χ0) is 17.9. The predicted molar refractivity (Wildman–Crippen MR) is 97.0 cm³/mol. The number of aromatic nitrogens is 3. The van der Waals surface area contributed by atoms with Crippen LogP contribution >= 0.6 is 0 Å². The molecule has 1 aromatic carbocycles. The Kier molecular flexibility index (Phi) is 3.26. The number of nitrogens with one attached hydrogen (secondary N) is 1. The molecule has 5 rings (SSSR count). The zero-order valence-corrected chi connectivity index (χ0v) is 15.1. The van der Waals surface area contributed by atoms with Gasteiger partial charge in [-0.3, -0.25) is 4.79 Å². The number of rotatable bonds is 2. The van der Waals surface area contributed by atoms with Crippen molar-refractivity contribution < 1.29 is 9.21 Å². The Morgan fingerprint density at radius 3 is 2.96 bits per heavy atom. The number of likely N-dealkylation sites (tertiary alicyclic amines) is 1. The van der Waals surface area contributed by atoms with Crippen molar-refractivity contribution >= 4 is 16.8 Å². The van der Waals surface area contributed by atoms with Crippen molar-refractivity contribution in [2.75, 3.05) is 13.1 Å². The molecule has 1 N–H and O–H groups in total. The number of hydrogen-bond acceptors (Lipinski definition) is 4. The molecule has 1 aliphatic heterocycles. The molecule has 0 spiro atoms. The Bertz CT molecular complexity index is 1000. The van der Waals surface area contributed by atoms with Crippen molar-refractivity contribution in [2.45, 2.75) is 38.5 Å². The lowest BCUT2D eigenvalue weighted by atomic mass is 9.80. The van der Waals surface area contributed by atoms with E-state index in [0.29, 0.717) is 24.2 Å². The molecule has 0 unspecified atom stereocenters. The predicted octanol–water partition coefficient (Wildman–Crippen LogP) is 3.36. The Balaban J connectivity index is 1.52. The minimum atomic E-state index is -0.170. The Morgan fingerprint density at radius 2 is 2.15 bits per heavy atom. The van der Waals surface area contributed by atoms with Gasteiger partial charge in [-0.05, 0) is 31.7 Å². The fourth-order valence-electron chi connectivity index (χ4n) is 5.00. The Labute approximate surface area is 151 Å². The molecule has 6 heteroatoms. The standard InChI is InChI=1S/C20H22N4O2/c1-12-17(15-7-3-4-8-16(15)21-12)18(25)24-10-14-6-5-9-20(14,11-24)19-23-22-13(2)26-19/h3-4,7-8,14,21H,5-6,9-11H2,1-2H3/t14-,20-/m0/s1. The monoisotopic (exact) mass is 350 g/mol. The number of fused-ring (bicyclic) bond motifs is 2. The molecular formula is C20H22N4O2. The largest absolute Gasteiger partial charge is 0.425 e. The van der Waals surface area contributed by atoms with E-state index >= 15 is 0 Å². The summed E-state index contributed by atoms with van der Waals surface area (Å²) in [5.74, 6) is 1.81. The van der Waals surface area contributed by atoms with Gasteiger partial charge in [0.15, 0.2) is 0 Å². The van der Waals surface area contributed by atoms with E-state index in [1.54, 1.807) is 0 Å². The van der Waals surface area contributed by atoms with Crippen LogP contribution in [-0.4, -0.2) is 39.1 Å². The van der Waals surface area contributed by atoms with Crippen molar-refractivity contribution in [1.82, 2.24) is 20.1 Å². The third kappa shape index (κ3) is 2.08. The third-order valence-electron chi connectivity index (χ3n) is 6.22. The van der Waals surface area contributed by atoms with Crippen molar-refractivity contribution in [3.63, 3.8) is 0 Å². The molecule has 6 nitrogen and oxygen atoms in total. The fourth-order valence-corrected chi connectivity index (χ4v) is 5.00. The first-order chi connectivity index (χ1) is 12.6. The molecule has 134 valence electrons. The molecule has 2 atom stereocenters. The van der Waals surface area contributed by atoms with E-state index < -0.39 is 0 Å². The molecule has 3 heterocycles. The van der Waals surface area contributed by atoms with Gasteiger partial charge in [0.2, 0.25) is 11.8 Å². The molecule has 1 aliphatic carbocycles. The van der Waals surface area contributed by atoms with Gasteiger partial charge in [0.1, 0.15) is 0 Å². The Hall–Kier alpha value is -2.63. The van der Waals surface area contributed by atoms with Crippen LogP contribution in [0, 0.1) is 19.8 Å². The first kappa shape index (κ1) is 15.6. The summed E-state index contributed by atoms with van der Waals surface area (Å²) in [7, 11) is 0. The summed E-state index contributed by atoms with van der Waals surface area (Å²) in [6, 6.07) is 7.99. The molecule has 1 amide bonds. The second-order valence-electron chi connectivity index (χ2n) is 7.73. The van der Waals surface area contributed by atoms with E-state index in [0.717, 1.165) is 48.0 Å². The minimum Gasteiger partial charge on any atom is -0.425 e. The smallest absolute Gasteiger partial charge is 0.256 e. The minimum absolute atomic E-state index is 0.102. The van der Waals surface area contributed by atoms with E-state index in [1.165, 1.54) is 0 Å². The van der Waals surface area contributed by atoms with E-state index in [4.69, 9.17) is 4.42 Å². The van der Waals surface area contributed by atoms with Gasteiger partial charge in [0.05, 0.1) is 11.0 Å². The highest BCUT2D eigenvalue weighted by molar-refractivity contribution is 6.08. The number of hydrogen-bond donors (Lipinski definition) is 1. The zero-order valence-electron chi connectivity index (χ0n) is 15.1. The molecule has 1 saturated heterocycles. The number of benzene rings is 1. The summed E-state index contributed by atoms with van der Waals surface area (Å²) < 4.78 is 5.82. The summed E-state index contributed by atoms with van der Waals surface area (Å²) in [4.78, 5) is 18.7. The summed E-state index contributed by atoms with van der Waals surface area (Å²) in [5.41, 5.74) is 2.56. The van der Waals surface area contributed by atoms with Crippen molar-refractivity contribution in [3.05, 3.63) is 47.3 Å². The molecule has 26 heavy (non-hydrogen) atoms. The lowest BCUT2D eigenvalue weighted by molar-refractivity contribution is 0.0777. The van der Waals surface area contributed by atoms with Crippen LogP contribution < -0.4 is 0 Å². The Morgan fingerprint density at radius 1 is 1.31 bits per heavy atom. The van der Waals surface area contributed by atoms with E-state index in [9.17, 15) is 4.79 Å². The van der Waals surface area contributed by atoms with Gasteiger partial charge >= 0.3 is 0 Å². The molecule has 1 saturated carbocycles. The number of carbonyl (C=O) groups is 1. The molecule has 2 aromatic heterocycles. The maximum atomic E-state index is 13.4. The number of nitrogens with zero attached hydrogens (tertiary/aromatic N) is 3. The molecule has 3 aromatic rings. The van der Waals surface area contributed by atoms with E-state index in [1.807, 2.05) is 43.0 Å². The fraction of sp³-hybridized carbons (Fsp3) is 0.450. The maximum absolute atomic E-state index is 13.4. The lowest BCUT2D eigenvalue weighted by Gasteiger charge is -2.24. The van der Waals surface area contributed by atoms with Crippen LogP contribution in [0.5, 0.6) is 0 Å². The molecular weight excluding hydrogens is 328 g/mol. The van der Waals surface area contributed by atoms with Crippen LogP contribution in [0.15, 0.2) is 28.7 Å². The quantitative estimate of drug-likeness (QED) is 0.769. The summed E-state index contributed by atoms with van der Waals surface area (Å²) in [6.45, 7) is 5.22. The number of para-hydroxylation sites is 1. The SMILES string of the molecule is Cc1nnc([C@]23CCC[C@H]2CN(C(=O)c2c(C)[nH]c4ccccc24)C3)o1. The highest BCUT2D eigenvalue weighted by Crippen LogP contribution is 2.50. The van der Waals surface area contributed by atoms with Gasteiger partial charge in [-0.2, -0.15) is 0 Å². The van der Waals surface area contributed by atoms with Crippen molar-refractivity contribution in [1.29, 1.82) is 0 Å². The van der Waals surface area contributed by atoms with Crippen LogP contribution in [0.25, 0.3) is 10.9 Å². The van der Waals surface area contributed by atoms with Crippen LogP contribution in [0.1, 0.15) is 47.1 Å². The van der Waals surface area contributed by atoms with Gasteiger partial charge in [-0.1, -0.05) is 24.6 Å². The van der Waals surface area contributed by atoms with Gasteiger partial charge < -0.3 is 14.3 Å². The first-order valence-electron chi connectivity index (χ1n) is 9.26. The second kappa shape index (κ2) is 5.43. The second-order valence-corrected chi connectivity index (χ2v) is 7.73. The average molecular weight is 350 g/mol. The third-order valence-corrected chi connectivity index (χ3v) is 6.22. The van der Waals surface area contributed by atoms with E-state index in [2.05, 4.69) is 15.2 Å². The number of aromatic amines is 1. The van der Waals surface area contributed by atoms with Gasteiger partial charge in [0.25, 0.3) is 5.91 Å². The molecule has 2 aliphatic rings. The van der Waals surface area contributed by atoms with Crippen LogP contribution in [0.3, 0.4) is 0 Å². The van der Waals surface area contributed by atoms with Crippen molar-refractivity contribution in [2.24, 2.45) is 5.92 Å². The van der Waals surface area contributed by atoms with Crippen LogP contribution in [0.2, 0.25) is 0 Å². The van der Waals surface area contributed by atoms with Gasteiger partial charge in [-0.15, -0.1) is 10.2 Å². The summed E-state index contributed by atoms with van der Waals surface area (Å²) in [5, 5.41) is 9.36. The number of H-pyrrole nitrogens is 1. The van der Waals surface area contributed by atoms with Crippen molar-refractivity contribution in [3.8, 4) is 0 Å². The summed E-state index contributed by atoms with van der Waals surface area (Å²) in [6.07, 6.45) is 3.27. The topological polar surface area (TPSA) is 75.0 Å². The number of aryl methyl sites for hydroxylation is 2. The average Bonchev–Trinajstić information content (AvgIpc) is 3.34. The van der Waals surface area contributed by atoms with Gasteiger partial charge in [-0.25, -0.2) is 0 Å². The van der Waals surface area contributed by atoms with Gasteiger partial charge in [0, 0.05) is 36.6 Å². The molecule has 2 fully saturated rings. The molecule has 0 bridgehead atoms. The number of carbonyl (C=O) groups excluding carboxylic acids is 1. The normalized spacial score (nSPS) is 25.2. The maximum Gasteiger partial charge on any atom is 0.256 e. The highest BCUT2D eigenvalue weighted by Gasteiger charge is 2.55. The van der Waals surface area contributed by atoms with E-state index in [-0.39, 0.29) is 11.3 Å². The molecule has 0 radical (unpaired) electrons. The van der Waals surface area contributed by atoms with Crippen LogP contribution in [0.4, 0.5) is 0 Å². The number of amides is 1.